The van der Waals surface area contributed by atoms with Crippen molar-refractivity contribution in [1.82, 2.24) is 10.2 Å². The molecule has 1 aromatic carbocycles. The van der Waals surface area contributed by atoms with E-state index in [0.717, 1.165) is 17.7 Å². The maximum absolute atomic E-state index is 8.46. The van der Waals surface area contributed by atoms with Crippen LogP contribution in [0.1, 0.15) is 24.0 Å². The van der Waals surface area contributed by atoms with E-state index < -0.39 is 0 Å². The van der Waals surface area contributed by atoms with Crippen LogP contribution in [0.2, 0.25) is 0 Å². The summed E-state index contributed by atoms with van der Waals surface area (Å²) in [6.07, 6.45) is 1.40. The Bertz CT molecular complexity index is 581. The molecule has 1 aromatic heterocycles. The van der Waals surface area contributed by atoms with Crippen molar-refractivity contribution < 1.29 is 4.42 Å². The number of hydrogen-bond donors (Lipinski definition) is 0. The lowest BCUT2D eigenvalue weighted by molar-refractivity contribution is 0.465. The molecule has 0 aliphatic heterocycles. The van der Waals surface area contributed by atoms with Crippen molar-refractivity contribution in [3.05, 3.63) is 29.3 Å². The van der Waals surface area contributed by atoms with Crippen molar-refractivity contribution in [2.45, 2.75) is 31.9 Å². The number of nitrogens with zero attached hydrogens (tertiary/aromatic N) is 3. The standard InChI is InChI=1S/C14H15N3OS/c1-10-7-11(2)9-12(8-10)13-16-17-14(18-13)19-6-4-3-5-15/h7-9H,3-4,6H2,1-2H3. The van der Waals surface area contributed by atoms with Gasteiger partial charge in [0.25, 0.3) is 5.22 Å². The van der Waals surface area contributed by atoms with Gasteiger partial charge in [0.05, 0.1) is 6.07 Å². The molecule has 0 fully saturated rings. The molecule has 0 amide bonds. The van der Waals surface area contributed by atoms with E-state index in [-0.39, 0.29) is 0 Å². The highest BCUT2D eigenvalue weighted by molar-refractivity contribution is 7.99. The summed E-state index contributed by atoms with van der Waals surface area (Å²) in [5.74, 6) is 1.37. The van der Waals surface area contributed by atoms with E-state index in [1.54, 1.807) is 0 Å². The summed E-state index contributed by atoms with van der Waals surface area (Å²) in [7, 11) is 0. The lowest BCUT2D eigenvalue weighted by Crippen LogP contribution is -1.82. The van der Waals surface area contributed by atoms with Crippen molar-refractivity contribution in [3.8, 4) is 17.5 Å². The van der Waals surface area contributed by atoms with Crippen LogP contribution in [-0.2, 0) is 0 Å². The minimum absolute atomic E-state index is 0.551. The molecule has 0 N–H and O–H groups in total. The summed E-state index contributed by atoms with van der Waals surface area (Å²) in [6, 6.07) is 8.29. The summed E-state index contributed by atoms with van der Waals surface area (Å²) in [6.45, 7) is 4.09. The van der Waals surface area contributed by atoms with Gasteiger partial charge in [-0.25, -0.2) is 0 Å². The van der Waals surface area contributed by atoms with Gasteiger partial charge in [-0.3, -0.25) is 0 Å². The largest absolute Gasteiger partial charge is 0.411 e. The first-order chi connectivity index (χ1) is 9.19. The van der Waals surface area contributed by atoms with Gasteiger partial charge in [0, 0.05) is 17.7 Å². The van der Waals surface area contributed by atoms with Crippen molar-refractivity contribution in [2.24, 2.45) is 0 Å². The Morgan fingerprint density at radius 2 is 1.95 bits per heavy atom. The monoisotopic (exact) mass is 273 g/mol. The Hall–Kier alpha value is -1.80. The van der Waals surface area contributed by atoms with Crippen LogP contribution < -0.4 is 0 Å². The van der Waals surface area contributed by atoms with Gasteiger partial charge in [0.15, 0.2) is 0 Å². The number of thioether (sulfide) groups is 1. The normalized spacial score (nSPS) is 10.4. The van der Waals surface area contributed by atoms with Gasteiger partial charge in [-0.15, -0.1) is 10.2 Å². The first-order valence-electron chi connectivity index (χ1n) is 6.11. The molecular formula is C14H15N3OS. The fourth-order valence-corrected chi connectivity index (χ4v) is 2.49. The molecule has 0 bridgehead atoms. The molecule has 5 heteroatoms. The second-order valence-corrected chi connectivity index (χ2v) is 5.41. The first kappa shape index (κ1) is 13.6. The first-order valence-corrected chi connectivity index (χ1v) is 7.09. The average molecular weight is 273 g/mol. The summed E-state index contributed by atoms with van der Waals surface area (Å²) in [4.78, 5) is 0. The zero-order valence-electron chi connectivity index (χ0n) is 11.0. The molecule has 0 aliphatic rings. The number of aromatic nitrogens is 2. The minimum Gasteiger partial charge on any atom is -0.411 e. The van der Waals surface area contributed by atoms with Gasteiger partial charge in [-0.1, -0.05) is 29.0 Å². The van der Waals surface area contributed by atoms with E-state index >= 15 is 0 Å². The molecule has 0 saturated carbocycles. The third kappa shape index (κ3) is 3.83. The lowest BCUT2D eigenvalue weighted by atomic mass is 10.1. The number of rotatable bonds is 5. The third-order valence-electron chi connectivity index (χ3n) is 2.53. The molecule has 0 aliphatic carbocycles. The molecule has 2 rings (SSSR count). The molecule has 0 radical (unpaired) electrons. The van der Waals surface area contributed by atoms with E-state index in [9.17, 15) is 0 Å². The highest BCUT2D eigenvalue weighted by atomic mass is 32.2. The molecule has 0 unspecified atom stereocenters. The third-order valence-corrected chi connectivity index (χ3v) is 3.44. The van der Waals surface area contributed by atoms with Crippen LogP contribution in [0.25, 0.3) is 11.5 Å². The van der Waals surface area contributed by atoms with Crippen LogP contribution in [0.15, 0.2) is 27.8 Å². The Balaban J connectivity index is 2.06. The summed E-state index contributed by atoms with van der Waals surface area (Å²) < 4.78 is 5.62. The van der Waals surface area contributed by atoms with Crippen LogP contribution >= 0.6 is 11.8 Å². The zero-order chi connectivity index (χ0) is 13.7. The van der Waals surface area contributed by atoms with Gasteiger partial charge < -0.3 is 4.42 Å². The second-order valence-electron chi connectivity index (χ2n) is 4.36. The minimum atomic E-state index is 0.551. The molecule has 2 aromatic rings. The number of unbranched alkanes of at least 4 members (excludes halogenated alkanes) is 1. The van der Waals surface area contributed by atoms with E-state index in [2.05, 4.69) is 22.3 Å². The molecular weight excluding hydrogens is 258 g/mol. The van der Waals surface area contributed by atoms with Gasteiger partial charge in [-0.05, 0) is 32.4 Å². The molecule has 0 saturated heterocycles. The summed E-state index contributed by atoms with van der Waals surface area (Å²) in [5, 5.41) is 17.1. The van der Waals surface area contributed by atoms with Crippen LogP contribution in [-0.4, -0.2) is 16.0 Å². The molecule has 0 spiro atoms. The van der Waals surface area contributed by atoms with Crippen LogP contribution in [0.3, 0.4) is 0 Å². The molecule has 0 atom stereocenters. The highest BCUT2D eigenvalue weighted by Crippen LogP contribution is 2.25. The highest BCUT2D eigenvalue weighted by Gasteiger charge is 2.09. The van der Waals surface area contributed by atoms with Gasteiger partial charge in [0.1, 0.15) is 0 Å². The van der Waals surface area contributed by atoms with Crippen molar-refractivity contribution in [1.29, 1.82) is 5.26 Å². The Morgan fingerprint density at radius 3 is 2.63 bits per heavy atom. The van der Waals surface area contributed by atoms with E-state index in [1.165, 1.54) is 22.9 Å². The van der Waals surface area contributed by atoms with Crippen LogP contribution in [0, 0.1) is 25.2 Å². The van der Waals surface area contributed by atoms with E-state index in [4.69, 9.17) is 9.68 Å². The Morgan fingerprint density at radius 1 is 1.21 bits per heavy atom. The average Bonchev–Trinajstić information content (AvgIpc) is 2.82. The molecule has 4 nitrogen and oxygen atoms in total. The number of hydrogen-bond acceptors (Lipinski definition) is 5. The van der Waals surface area contributed by atoms with Gasteiger partial charge >= 0.3 is 0 Å². The van der Waals surface area contributed by atoms with Crippen LogP contribution in [0.4, 0.5) is 0 Å². The van der Waals surface area contributed by atoms with Gasteiger partial charge in [0.2, 0.25) is 5.89 Å². The summed E-state index contributed by atoms with van der Waals surface area (Å²) >= 11 is 1.49. The quantitative estimate of drug-likeness (QED) is 0.613. The van der Waals surface area contributed by atoms with Crippen molar-refractivity contribution >= 4 is 11.8 Å². The number of benzene rings is 1. The van der Waals surface area contributed by atoms with Gasteiger partial charge in [-0.2, -0.15) is 5.26 Å². The number of nitriles is 1. The SMILES string of the molecule is Cc1cc(C)cc(-c2nnc(SCCCC#N)o2)c1. The summed E-state index contributed by atoms with van der Waals surface area (Å²) in [5.41, 5.74) is 3.31. The zero-order valence-corrected chi connectivity index (χ0v) is 11.8. The molecule has 1 heterocycles. The topological polar surface area (TPSA) is 62.7 Å². The Kier molecular flexibility index (Phi) is 4.58. The predicted molar refractivity (Wildman–Crippen MR) is 74.8 cm³/mol. The second kappa shape index (κ2) is 6.39. The van der Waals surface area contributed by atoms with E-state index in [0.29, 0.717) is 17.5 Å². The maximum atomic E-state index is 8.46. The fourth-order valence-electron chi connectivity index (χ4n) is 1.79. The van der Waals surface area contributed by atoms with Crippen molar-refractivity contribution in [2.75, 3.05) is 5.75 Å². The molecule has 98 valence electrons. The predicted octanol–water partition coefficient (Wildman–Crippen LogP) is 3.75. The Labute approximate surface area is 116 Å². The molecule has 19 heavy (non-hydrogen) atoms. The smallest absolute Gasteiger partial charge is 0.276 e. The van der Waals surface area contributed by atoms with E-state index in [1.807, 2.05) is 26.0 Å². The maximum Gasteiger partial charge on any atom is 0.276 e. The van der Waals surface area contributed by atoms with Crippen molar-refractivity contribution in [3.63, 3.8) is 0 Å². The van der Waals surface area contributed by atoms with Crippen LogP contribution in [0.5, 0.6) is 0 Å². The number of aryl methyl sites for hydroxylation is 2. The lowest BCUT2D eigenvalue weighted by Gasteiger charge is -2.00. The fraction of sp³-hybridized carbons (Fsp3) is 0.357.